The maximum atomic E-state index is 12.6. The molecule has 26 heavy (non-hydrogen) atoms. The molecule has 136 valence electrons. The molecule has 0 spiro atoms. The number of benzene rings is 2. The lowest BCUT2D eigenvalue weighted by atomic mass is 9.95. The predicted octanol–water partition coefficient (Wildman–Crippen LogP) is 5.32. The van der Waals surface area contributed by atoms with E-state index in [1.807, 2.05) is 0 Å². The van der Waals surface area contributed by atoms with Gasteiger partial charge in [0.05, 0.1) is 0 Å². The minimum Gasteiger partial charge on any atom is -0.292 e. The molecule has 2 aromatic carbocycles. The average Bonchev–Trinajstić information content (AvgIpc) is 2.58. The number of hydrogen-bond donors (Lipinski definition) is 0. The monoisotopic (exact) mass is 390 g/mol. The number of Topliss-reactive ketones (excluding diaryl/α,β-unsaturated/α-hetero) is 2. The number of alkyl halides is 2. The van der Waals surface area contributed by atoms with Crippen molar-refractivity contribution in [3.63, 3.8) is 0 Å². The molecule has 0 aliphatic rings. The zero-order chi connectivity index (χ0) is 19.7. The molecule has 0 unspecified atom stereocenters. The summed E-state index contributed by atoms with van der Waals surface area (Å²) in [7, 11) is 0. The Morgan fingerprint density at radius 3 is 1.04 bits per heavy atom. The minimum absolute atomic E-state index is 0.196. The van der Waals surface area contributed by atoms with Gasteiger partial charge in [0.15, 0.2) is 17.3 Å². The van der Waals surface area contributed by atoms with Crippen molar-refractivity contribution in [3.8, 4) is 0 Å². The van der Waals surface area contributed by atoms with Crippen molar-refractivity contribution < 1.29 is 14.4 Å². The molecule has 0 N–H and O–H groups in total. The summed E-state index contributed by atoms with van der Waals surface area (Å²) in [6, 6.07) is 12.7. The summed E-state index contributed by atoms with van der Waals surface area (Å²) < 4.78 is 0. The number of ketones is 3. The second-order valence-corrected chi connectivity index (χ2v) is 8.98. The molecule has 0 aliphatic carbocycles. The Hall–Kier alpha value is -1.97. The van der Waals surface area contributed by atoms with Gasteiger partial charge < -0.3 is 0 Å². The van der Waals surface area contributed by atoms with E-state index < -0.39 is 9.75 Å². The van der Waals surface area contributed by atoms with E-state index in [4.69, 9.17) is 23.2 Å². The molecule has 3 nitrogen and oxygen atoms in total. The molecule has 2 aromatic rings. The highest BCUT2D eigenvalue weighted by molar-refractivity contribution is 6.37. The van der Waals surface area contributed by atoms with Gasteiger partial charge in [-0.1, -0.05) is 48.5 Å². The van der Waals surface area contributed by atoms with Gasteiger partial charge in [-0.2, -0.15) is 0 Å². The Morgan fingerprint density at radius 1 is 0.577 bits per heavy atom. The highest BCUT2D eigenvalue weighted by atomic mass is 35.5. The summed E-state index contributed by atoms with van der Waals surface area (Å²) in [5.74, 6) is -0.604. The first kappa shape index (κ1) is 20.3. The van der Waals surface area contributed by atoms with Crippen LogP contribution in [-0.2, 0) is 0 Å². The van der Waals surface area contributed by atoms with E-state index in [9.17, 15) is 14.4 Å². The Balaban J connectivity index is 2.22. The fourth-order valence-electron chi connectivity index (χ4n) is 2.40. The molecule has 0 saturated carbocycles. The van der Waals surface area contributed by atoms with Crippen molar-refractivity contribution in [1.82, 2.24) is 0 Å². The van der Waals surface area contributed by atoms with Crippen molar-refractivity contribution >= 4 is 40.6 Å². The van der Waals surface area contributed by atoms with E-state index in [1.54, 1.807) is 76.2 Å². The van der Waals surface area contributed by atoms with Gasteiger partial charge in [0.1, 0.15) is 9.75 Å². The Kier molecular flexibility index (Phi) is 5.74. The van der Waals surface area contributed by atoms with Gasteiger partial charge in [0.25, 0.3) is 0 Å². The summed E-state index contributed by atoms with van der Waals surface area (Å²) in [4.78, 5) is 34.9. The molecule has 0 fully saturated rings. The van der Waals surface area contributed by atoms with Crippen LogP contribution in [0.5, 0.6) is 0 Å². The van der Waals surface area contributed by atoms with Crippen LogP contribution in [0.2, 0.25) is 0 Å². The van der Waals surface area contributed by atoms with Crippen LogP contribution in [0.4, 0.5) is 0 Å². The third-order valence-electron chi connectivity index (χ3n) is 3.90. The van der Waals surface area contributed by atoms with Crippen molar-refractivity contribution in [2.24, 2.45) is 0 Å². The smallest absolute Gasteiger partial charge is 0.193 e. The van der Waals surface area contributed by atoms with Gasteiger partial charge in [0, 0.05) is 22.3 Å². The van der Waals surface area contributed by atoms with E-state index >= 15 is 0 Å². The summed E-state index contributed by atoms with van der Waals surface area (Å²) >= 11 is 12.1. The van der Waals surface area contributed by atoms with E-state index in [2.05, 4.69) is 0 Å². The van der Waals surface area contributed by atoms with Gasteiger partial charge in [-0.05, 0) is 27.7 Å². The van der Waals surface area contributed by atoms with Crippen LogP contribution in [0.3, 0.4) is 0 Å². The average molecular weight is 391 g/mol. The molecule has 0 radical (unpaired) electrons. The Morgan fingerprint density at radius 2 is 0.808 bits per heavy atom. The number of rotatable bonds is 6. The lowest BCUT2D eigenvalue weighted by Gasteiger charge is -2.14. The Bertz CT molecular complexity index is 765. The van der Waals surface area contributed by atoms with Crippen LogP contribution < -0.4 is 0 Å². The summed E-state index contributed by atoms with van der Waals surface area (Å²) in [5.41, 5.74) is 1.80. The van der Waals surface area contributed by atoms with E-state index in [0.717, 1.165) is 0 Å². The molecule has 2 rings (SSSR count). The normalized spacial score (nSPS) is 11.9. The maximum absolute atomic E-state index is 12.6. The summed E-state index contributed by atoms with van der Waals surface area (Å²) in [6.07, 6.45) is 0. The zero-order valence-electron chi connectivity index (χ0n) is 15.1. The van der Waals surface area contributed by atoms with Crippen LogP contribution in [0.15, 0.2) is 48.5 Å². The summed E-state index contributed by atoms with van der Waals surface area (Å²) in [6.45, 7) is 6.50. The standard InChI is InChI=1S/C21H20Cl2O3/c1-20(2,22)18(25)15-9-5-13(6-10-15)17(24)14-7-11-16(12-8-14)19(26)21(3,4)23/h5-12H,1-4H3. The lowest BCUT2D eigenvalue weighted by molar-refractivity contribution is 0.0947. The van der Waals surface area contributed by atoms with Crippen molar-refractivity contribution in [2.45, 2.75) is 37.4 Å². The molecule has 0 aromatic heterocycles. The molecule has 0 heterocycles. The van der Waals surface area contributed by atoms with E-state index in [0.29, 0.717) is 22.3 Å². The van der Waals surface area contributed by atoms with Gasteiger partial charge in [-0.25, -0.2) is 0 Å². The van der Waals surface area contributed by atoms with E-state index in [1.165, 1.54) is 0 Å². The number of halogens is 2. The molecule has 0 saturated heterocycles. The minimum atomic E-state index is -0.996. The first-order valence-electron chi connectivity index (χ1n) is 8.13. The zero-order valence-corrected chi connectivity index (χ0v) is 16.6. The maximum Gasteiger partial charge on any atom is 0.193 e. The molecule has 0 aliphatic heterocycles. The van der Waals surface area contributed by atoms with Crippen molar-refractivity contribution in [1.29, 1.82) is 0 Å². The second-order valence-electron chi connectivity index (χ2n) is 7.09. The molecule has 0 bridgehead atoms. The number of carbonyl (C=O) groups excluding carboxylic acids is 3. The second kappa shape index (κ2) is 7.34. The molecule has 0 amide bonds. The molecule has 5 heteroatoms. The SMILES string of the molecule is CC(C)(Cl)C(=O)c1ccc(C(=O)c2ccc(C(=O)C(C)(C)Cl)cc2)cc1. The molecular formula is C21H20Cl2O3. The third-order valence-corrected chi connectivity index (χ3v) is 4.24. The molecule has 0 atom stereocenters. The van der Waals surface area contributed by atoms with Gasteiger partial charge in [-0.3, -0.25) is 14.4 Å². The Labute approximate surface area is 163 Å². The van der Waals surface area contributed by atoms with Crippen LogP contribution in [-0.4, -0.2) is 27.1 Å². The third kappa shape index (κ3) is 4.60. The van der Waals surface area contributed by atoms with Gasteiger partial charge >= 0.3 is 0 Å². The fourth-order valence-corrected chi connectivity index (χ4v) is 2.62. The van der Waals surface area contributed by atoms with Crippen LogP contribution in [0.1, 0.15) is 64.3 Å². The quantitative estimate of drug-likeness (QED) is 0.495. The number of carbonyl (C=O) groups is 3. The first-order valence-corrected chi connectivity index (χ1v) is 8.89. The van der Waals surface area contributed by atoms with E-state index in [-0.39, 0.29) is 17.3 Å². The van der Waals surface area contributed by atoms with Gasteiger partial charge in [0.2, 0.25) is 0 Å². The molecular weight excluding hydrogens is 371 g/mol. The fraction of sp³-hybridized carbons (Fsp3) is 0.286. The highest BCUT2D eigenvalue weighted by Crippen LogP contribution is 2.22. The lowest BCUT2D eigenvalue weighted by Crippen LogP contribution is -2.24. The largest absolute Gasteiger partial charge is 0.292 e. The number of hydrogen-bond acceptors (Lipinski definition) is 3. The first-order chi connectivity index (χ1) is 11.9. The summed E-state index contributed by atoms with van der Waals surface area (Å²) in [5, 5.41) is 0. The van der Waals surface area contributed by atoms with Crippen LogP contribution in [0, 0.1) is 0 Å². The predicted molar refractivity (Wildman–Crippen MR) is 105 cm³/mol. The highest BCUT2D eigenvalue weighted by Gasteiger charge is 2.26. The van der Waals surface area contributed by atoms with Crippen molar-refractivity contribution in [3.05, 3.63) is 70.8 Å². The van der Waals surface area contributed by atoms with Crippen LogP contribution >= 0.6 is 23.2 Å². The topological polar surface area (TPSA) is 51.2 Å². The van der Waals surface area contributed by atoms with Crippen molar-refractivity contribution in [2.75, 3.05) is 0 Å². The van der Waals surface area contributed by atoms with Gasteiger partial charge in [-0.15, -0.1) is 23.2 Å². The van der Waals surface area contributed by atoms with Crippen LogP contribution in [0.25, 0.3) is 0 Å².